The van der Waals surface area contributed by atoms with Gasteiger partial charge in [0, 0.05) is 19.5 Å². The van der Waals surface area contributed by atoms with E-state index in [4.69, 9.17) is 5.11 Å². The zero-order valence-electron chi connectivity index (χ0n) is 10.7. The van der Waals surface area contributed by atoms with Gasteiger partial charge in [0.15, 0.2) is 0 Å². The molecule has 0 radical (unpaired) electrons. The van der Waals surface area contributed by atoms with Crippen LogP contribution >= 0.6 is 0 Å². The van der Waals surface area contributed by atoms with E-state index < -0.39 is 5.97 Å². The second-order valence-corrected chi connectivity index (χ2v) is 4.43. The van der Waals surface area contributed by atoms with Gasteiger partial charge in [0.1, 0.15) is 6.54 Å². The standard InChI is InChI=1S/C12H20N2O4/c1-2-13(9-12(17)18)11(16)8-14-7-5-3-4-6-10(14)15/h2-9H2,1H3,(H,17,18). The van der Waals surface area contributed by atoms with Crippen LogP contribution in [0.15, 0.2) is 0 Å². The summed E-state index contributed by atoms with van der Waals surface area (Å²) >= 11 is 0. The molecule has 0 unspecified atom stereocenters. The molecule has 2 amide bonds. The van der Waals surface area contributed by atoms with Gasteiger partial charge in [-0.25, -0.2) is 0 Å². The van der Waals surface area contributed by atoms with Crippen molar-refractivity contribution in [3.05, 3.63) is 0 Å². The minimum atomic E-state index is -1.03. The molecule has 6 heteroatoms. The molecule has 0 saturated carbocycles. The van der Waals surface area contributed by atoms with Crippen molar-refractivity contribution in [1.29, 1.82) is 0 Å². The summed E-state index contributed by atoms with van der Waals surface area (Å²) in [5.74, 6) is -1.34. The summed E-state index contributed by atoms with van der Waals surface area (Å²) in [4.78, 5) is 37.0. The molecule has 1 saturated heterocycles. The van der Waals surface area contributed by atoms with Crippen LogP contribution in [0, 0.1) is 0 Å². The molecule has 0 bridgehead atoms. The molecule has 0 aromatic carbocycles. The Morgan fingerprint density at radius 2 is 2.06 bits per heavy atom. The monoisotopic (exact) mass is 256 g/mol. The molecule has 1 aliphatic rings. The number of hydrogen-bond donors (Lipinski definition) is 1. The molecule has 0 aromatic rings. The van der Waals surface area contributed by atoms with Crippen LogP contribution in [0.5, 0.6) is 0 Å². The van der Waals surface area contributed by atoms with E-state index in [1.165, 1.54) is 4.90 Å². The average Bonchev–Trinajstić information content (AvgIpc) is 2.51. The van der Waals surface area contributed by atoms with Crippen molar-refractivity contribution in [2.75, 3.05) is 26.2 Å². The number of carbonyl (C=O) groups is 3. The van der Waals surface area contributed by atoms with Crippen LogP contribution in [0.4, 0.5) is 0 Å². The van der Waals surface area contributed by atoms with E-state index in [9.17, 15) is 14.4 Å². The van der Waals surface area contributed by atoms with Crippen LogP contribution in [0.2, 0.25) is 0 Å². The van der Waals surface area contributed by atoms with E-state index in [2.05, 4.69) is 0 Å². The number of rotatable bonds is 5. The molecule has 6 nitrogen and oxygen atoms in total. The molecule has 0 aliphatic carbocycles. The van der Waals surface area contributed by atoms with Crippen LogP contribution in [-0.4, -0.2) is 58.9 Å². The molecule has 102 valence electrons. The van der Waals surface area contributed by atoms with Gasteiger partial charge in [0.25, 0.3) is 0 Å². The van der Waals surface area contributed by atoms with Crippen LogP contribution in [0.25, 0.3) is 0 Å². The summed E-state index contributed by atoms with van der Waals surface area (Å²) < 4.78 is 0. The van der Waals surface area contributed by atoms with Gasteiger partial charge in [-0.2, -0.15) is 0 Å². The Morgan fingerprint density at radius 3 is 2.67 bits per heavy atom. The number of aliphatic carboxylic acids is 1. The Morgan fingerprint density at radius 1 is 1.33 bits per heavy atom. The second kappa shape index (κ2) is 6.98. The first-order valence-electron chi connectivity index (χ1n) is 6.32. The van der Waals surface area contributed by atoms with Crippen molar-refractivity contribution in [3.8, 4) is 0 Å². The summed E-state index contributed by atoms with van der Waals surface area (Å²) in [6, 6.07) is 0. The number of carbonyl (C=O) groups excluding carboxylic acids is 2. The van der Waals surface area contributed by atoms with Crippen molar-refractivity contribution in [3.63, 3.8) is 0 Å². The molecule has 18 heavy (non-hydrogen) atoms. The Labute approximate surface area is 107 Å². The quantitative estimate of drug-likeness (QED) is 0.768. The van der Waals surface area contributed by atoms with Crippen molar-refractivity contribution < 1.29 is 19.5 Å². The van der Waals surface area contributed by atoms with Crippen LogP contribution < -0.4 is 0 Å². The molecular formula is C12H20N2O4. The Bertz CT molecular complexity index is 330. The number of carboxylic acids is 1. The number of hydrogen-bond acceptors (Lipinski definition) is 3. The van der Waals surface area contributed by atoms with E-state index in [-0.39, 0.29) is 24.9 Å². The van der Waals surface area contributed by atoms with Gasteiger partial charge in [-0.05, 0) is 19.8 Å². The SMILES string of the molecule is CCN(CC(=O)O)C(=O)CN1CCCCCC1=O. The predicted molar refractivity (Wildman–Crippen MR) is 64.9 cm³/mol. The first-order chi connectivity index (χ1) is 8.54. The maximum Gasteiger partial charge on any atom is 0.323 e. The van der Waals surface area contributed by atoms with Crippen molar-refractivity contribution in [2.24, 2.45) is 0 Å². The third kappa shape index (κ3) is 4.35. The Balaban J connectivity index is 2.55. The highest BCUT2D eigenvalue weighted by molar-refractivity contribution is 5.86. The Kier molecular flexibility index (Phi) is 5.61. The lowest BCUT2D eigenvalue weighted by molar-refractivity contribution is -0.146. The van der Waals surface area contributed by atoms with Gasteiger partial charge >= 0.3 is 5.97 Å². The van der Waals surface area contributed by atoms with Gasteiger partial charge in [-0.1, -0.05) is 6.42 Å². The van der Waals surface area contributed by atoms with Gasteiger partial charge in [-0.3, -0.25) is 14.4 Å². The van der Waals surface area contributed by atoms with Gasteiger partial charge in [0.2, 0.25) is 11.8 Å². The summed E-state index contributed by atoms with van der Waals surface area (Å²) in [7, 11) is 0. The maximum absolute atomic E-state index is 11.9. The van der Waals surface area contributed by atoms with E-state index in [1.807, 2.05) is 0 Å². The minimum Gasteiger partial charge on any atom is -0.480 e. The molecule has 0 spiro atoms. The van der Waals surface area contributed by atoms with Gasteiger partial charge < -0.3 is 14.9 Å². The fourth-order valence-electron chi connectivity index (χ4n) is 2.01. The zero-order chi connectivity index (χ0) is 13.5. The lowest BCUT2D eigenvalue weighted by Gasteiger charge is -2.24. The number of carboxylic acid groups (broad SMARTS) is 1. The third-order valence-electron chi connectivity index (χ3n) is 3.06. The first-order valence-corrected chi connectivity index (χ1v) is 6.32. The van der Waals surface area contributed by atoms with Gasteiger partial charge in [-0.15, -0.1) is 0 Å². The molecule has 0 aromatic heterocycles. The molecule has 1 heterocycles. The van der Waals surface area contributed by atoms with E-state index in [0.717, 1.165) is 19.3 Å². The molecule has 1 aliphatic heterocycles. The van der Waals surface area contributed by atoms with Crippen molar-refractivity contribution in [2.45, 2.75) is 32.6 Å². The fourth-order valence-corrected chi connectivity index (χ4v) is 2.01. The lowest BCUT2D eigenvalue weighted by atomic mass is 10.2. The highest BCUT2D eigenvalue weighted by Crippen LogP contribution is 2.11. The van der Waals surface area contributed by atoms with Crippen LogP contribution in [0.3, 0.4) is 0 Å². The zero-order valence-corrected chi connectivity index (χ0v) is 10.7. The van der Waals surface area contributed by atoms with Crippen LogP contribution in [0.1, 0.15) is 32.6 Å². The van der Waals surface area contributed by atoms with Gasteiger partial charge in [0.05, 0.1) is 6.54 Å². The highest BCUT2D eigenvalue weighted by Gasteiger charge is 2.22. The third-order valence-corrected chi connectivity index (χ3v) is 3.06. The summed E-state index contributed by atoms with van der Waals surface area (Å²) in [6.07, 6.45) is 3.27. The Hall–Kier alpha value is -1.59. The number of amides is 2. The topological polar surface area (TPSA) is 77.9 Å². The van der Waals surface area contributed by atoms with E-state index in [0.29, 0.717) is 19.5 Å². The van der Waals surface area contributed by atoms with Crippen molar-refractivity contribution in [1.82, 2.24) is 9.80 Å². The second-order valence-electron chi connectivity index (χ2n) is 4.43. The molecule has 0 atom stereocenters. The predicted octanol–water partition coefficient (Wildman–Crippen LogP) is 0.322. The molecule has 1 rings (SSSR count). The number of likely N-dealkylation sites (N-methyl/N-ethyl adjacent to an activating group) is 1. The van der Waals surface area contributed by atoms with E-state index >= 15 is 0 Å². The highest BCUT2D eigenvalue weighted by atomic mass is 16.4. The number of nitrogens with zero attached hydrogens (tertiary/aromatic N) is 2. The first kappa shape index (κ1) is 14.5. The maximum atomic E-state index is 11.9. The minimum absolute atomic E-state index is 0.0000463. The largest absolute Gasteiger partial charge is 0.480 e. The fraction of sp³-hybridized carbons (Fsp3) is 0.750. The number of likely N-dealkylation sites (tertiary alicyclic amines) is 1. The lowest BCUT2D eigenvalue weighted by Crippen LogP contribution is -2.44. The summed E-state index contributed by atoms with van der Waals surface area (Å²) in [5, 5.41) is 8.69. The van der Waals surface area contributed by atoms with Crippen LogP contribution in [-0.2, 0) is 14.4 Å². The average molecular weight is 256 g/mol. The molecular weight excluding hydrogens is 236 g/mol. The smallest absolute Gasteiger partial charge is 0.323 e. The summed E-state index contributed by atoms with van der Waals surface area (Å²) in [5.41, 5.74) is 0. The summed E-state index contributed by atoms with van der Waals surface area (Å²) in [6.45, 7) is 2.35. The normalized spacial score (nSPS) is 16.3. The van der Waals surface area contributed by atoms with E-state index in [1.54, 1.807) is 11.8 Å². The molecule has 1 fully saturated rings. The molecule has 1 N–H and O–H groups in total. The van der Waals surface area contributed by atoms with Crippen molar-refractivity contribution >= 4 is 17.8 Å².